The molecule has 0 aliphatic heterocycles. The van der Waals surface area contributed by atoms with Crippen molar-refractivity contribution in [2.24, 2.45) is 40.4 Å². The molecule has 5 heteroatoms. The summed E-state index contributed by atoms with van der Waals surface area (Å²) in [6.45, 7) is 10.6. The van der Waals surface area contributed by atoms with Crippen LogP contribution in [-0.4, -0.2) is 28.1 Å². The lowest BCUT2D eigenvalue weighted by molar-refractivity contribution is -0.227. The van der Waals surface area contributed by atoms with Crippen LogP contribution < -0.4 is 0 Å². The van der Waals surface area contributed by atoms with Crippen LogP contribution in [0.4, 0.5) is 13.2 Å². The highest BCUT2D eigenvalue weighted by Crippen LogP contribution is 2.61. The fourth-order valence-corrected chi connectivity index (χ4v) is 7.94. The van der Waals surface area contributed by atoms with Gasteiger partial charge in [0, 0.05) is 0 Å². The number of alkyl halides is 3. The Labute approximate surface area is 187 Å². The van der Waals surface area contributed by atoms with Gasteiger partial charge in [-0.05, 0) is 98.2 Å². The lowest BCUT2D eigenvalue weighted by Crippen LogP contribution is -2.45. The minimum Gasteiger partial charge on any atom is -0.390 e. The molecule has 1 unspecified atom stereocenters. The van der Waals surface area contributed by atoms with Gasteiger partial charge in [-0.25, -0.2) is 0 Å². The zero-order valence-corrected chi connectivity index (χ0v) is 20.3. The lowest BCUT2D eigenvalue weighted by Gasteiger charge is -2.49. The Hall–Kier alpha value is -0.290. The standard InChI is InChI=1S/C26H45F3O2/c1-6-25(31)15-14-23(3,4)19(16-25)10-9-18-8-7-13-24(5)20(11-12-21(18)24)17(2)22(30)26(27,28)29/h17-22,30-31H,6-16H2,1-5H3/t17-,18-,19?,20+,21-,22+,24+,25-/m0/s1. The first-order valence-electron chi connectivity index (χ1n) is 12.7. The monoisotopic (exact) mass is 446 g/mol. The Kier molecular flexibility index (Phi) is 7.20. The minimum atomic E-state index is -4.54. The smallest absolute Gasteiger partial charge is 0.390 e. The van der Waals surface area contributed by atoms with E-state index in [2.05, 4.69) is 27.7 Å². The predicted octanol–water partition coefficient (Wildman–Crippen LogP) is 7.13. The fraction of sp³-hybridized carbons (Fsp3) is 1.00. The molecule has 0 spiro atoms. The Balaban J connectivity index is 1.68. The summed E-state index contributed by atoms with van der Waals surface area (Å²) in [5.74, 6) is 0.721. The van der Waals surface area contributed by atoms with E-state index in [9.17, 15) is 23.4 Å². The number of rotatable bonds is 6. The SMILES string of the molecule is CC[C@]1(O)CCC(C)(C)C(CC[C@@H]2CCC[C@]3(C)[C@@H]([C@H](C)[C@@H](O)C(F)(F)F)CC[C@@H]23)C1. The summed E-state index contributed by atoms with van der Waals surface area (Å²) in [6, 6.07) is 0. The first-order valence-corrected chi connectivity index (χ1v) is 12.7. The predicted molar refractivity (Wildman–Crippen MR) is 118 cm³/mol. The van der Waals surface area contributed by atoms with Crippen molar-refractivity contribution < 1.29 is 23.4 Å². The largest absolute Gasteiger partial charge is 0.414 e. The molecule has 2 N–H and O–H groups in total. The van der Waals surface area contributed by atoms with Crippen LogP contribution in [0.1, 0.15) is 105 Å². The van der Waals surface area contributed by atoms with E-state index in [1.165, 1.54) is 6.42 Å². The third kappa shape index (κ3) is 4.98. The summed E-state index contributed by atoms with van der Waals surface area (Å²) in [4.78, 5) is 0. The molecule has 0 heterocycles. The molecule has 3 saturated carbocycles. The van der Waals surface area contributed by atoms with Crippen LogP contribution in [0.2, 0.25) is 0 Å². The quantitative estimate of drug-likeness (QED) is 0.456. The van der Waals surface area contributed by atoms with E-state index < -0.39 is 23.8 Å². The van der Waals surface area contributed by atoms with Crippen LogP contribution in [0.25, 0.3) is 0 Å². The fourth-order valence-electron chi connectivity index (χ4n) is 7.94. The van der Waals surface area contributed by atoms with Gasteiger partial charge in [-0.3, -0.25) is 0 Å². The van der Waals surface area contributed by atoms with E-state index in [0.717, 1.165) is 64.2 Å². The number of fused-ring (bicyclic) bond motifs is 1. The second-order valence-corrected chi connectivity index (χ2v) is 12.3. The van der Waals surface area contributed by atoms with E-state index in [1.54, 1.807) is 6.92 Å². The van der Waals surface area contributed by atoms with E-state index in [0.29, 0.717) is 17.8 Å². The second-order valence-electron chi connectivity index (χ2n) is 12.3. The number of aliphatic hydroxyl groups excluding tert-OH is 1. The Morgan fingerprint density at radius 1 is 1.00 bits per heavy atom. The molecule has 3 fully saturated rings. The second kappa shape index (κ2) is 8.81. The molecule has 31 heavy (non-hydrogen) atoms. The molecule has 0 aromatic carbocycles. The van der Waals surface area contributed by atoms with Gasteiger partial charge in [0.25, 0.3) is 0 Å². The van der Waals surface area contributed by atoms with Crippen LogP contribution in [0.3, 0.4) is 0 Å². The maximum Gasteiger partial charge on any atom is 0.414 e. The minimum absolute atomic E-state index is 0.0618. The summed E-state index contributed by atoms with van der Waals surface area (Å²) in [5.41, 5.74) is -0.382. The third-order valence-electron chi connectivity index (χ3n) is 10.3. The highest BCUT2D eigenvalue weighted by Gasteiger charge is 2.56. The maximum absolute atomic E-state index is 13.2. The molecule has 2 nitrogen and oxygen atoms in total. The molecule has 0 amide bonds. The van der Waals surface area contributed by atoms with E-state index >= 15 is 0 Å². The molecule has 3 aliphatic carbocycles. The van der Waals surface area contributed by atoms with Gasteiger partial charge in [-0.2, -0.15) is 13.2 Å². The van der Waals surface area contributed by atoms with Crippen molar-refractivity contribution in [1.29, 1.82) is 0 Å². The summed E-state index contributed by atoms with van der Waals surface area (Å²) >= 11 is 0. The average Bonchev–Trinajstić information content (AvgIpc) is 3.04. The highest BCUT2D eigenvalue weighted by molar-refractivity contribution is 5.03. The van der Waals surface area contributed by atoms with E-state index in [-0.39, 0.29) is 16.7 Å². The van der Waals surface area contributed by atoms with Gasteiger partial charge >= 0.3 is 6.18 Å². The summed E-state index contributed by atoms with van der Waals surface area (Å²) in [6.07, 6.45) is 4.14. The third-order valence-corrected chi connectivity index (χ3v) is 10.3. The van der Waals surface area contributed by atoms with Crippen molar-refractivity contribution >= 4 is 0 Å². The zero-order chi connectivity index (χ0) is 23.2. The van der Waals surface area contributed by atoms with Gasteiger partial charge < -0.3 is 10.2 Å². The molecular formula is C26H45F3O2. The van der Waals surface area contributed by atoms with Gasteiger partial charge in [0.2, 0.25) is 0 Å². The number of aliphatic hydroxyl groups is 2. The van der Waals surface area contributed by atoms with Crippen LogP contribution in [0.5, 0.6) is 0 Å². The first-order chi connectivity index (χ1) is 14.2. The van der Waals surface area contributed by atoms with Gasteiger partial charge in [-0.1, -0.05) is 47.5 Å². The summed E-state index contributed by atoms with van der Waals surface area (Å²) in [7, 11) is 0. The van der Waals surface area contributed by atoms with Gasteiger partial charge in [0.05, 0.1) is 5.60 Å². The van der Waals surface area contributed by atoms with Crippen LogP contribution in [0.15, 0.2) is 0 Å². The van der Waals surface area contributed by atoms with E-state index in [1.807, 2.05) is 0 Å². The lowest BCUT2D eigenvalue weighted by atomic mass is 9.57. The van der Waals surface area contributed by atoms with Crippen LogP contribution >= 0.6 is 0 Å². The number of hydrogen-bond acceptors (Lipinski definition) is 2. The molecule has 3 aliphatic rings. The van der Waals surface area contributed by atoms with Gasteiger partial charge in [-0.15, -0.1) is 0 Å². The molecule has 0 radical (unpaired) electrons. The van der Waals surface area contributed by atoms with Crippen molar-refractivity contribution in [2.75, 3.05) is 0 Å². The van der Waals surface area contributed by atoms with Gasteiger partial charge in [0.1, 0.15) is 0 Å². The zero-order valence-electron chi connectivity index (χ0n) is 20.3. The van der Waals surface area contributed by atoms with Crippen molar-refractivity contribution in [3.63, 3.8) is 0 Å². The summed E-state index contributed by atoms with van der Waals surface area (Å²) in [5, 5.41) is 20.8. The normalized spacial score (nSPS) is 42.8. The molecule has 0 aromatic rings. The highest BCUT2D eigenvalue weighted by atomic mass is 19.4. The molecule has 8 atom stereocenters. The van der Waals surface area contributed by atoms with Gasteiger partial charge in [0.15, 0.2) is 6.10 Å². The molecule has 3 rings (SSSR count). The molecule has 0 bridgehead atoms. The van der Waals surface area contributed by atoms with E-state index in [4.69, 9.17) is 0 Å². The Morgan fingerprint density at radius 3 is 2.29 bits per heavy atom. The molecule has 0 aromatic heterocycles. The number of hydrogen-bond donors (Lipinski definition) is 2. The molecular weight excluding hydrogens is 401 g/mol. The first kappa shape index (κ1) is 25.3. The molecule has 0 saturated heterocycles. The maximum atomic E-state index is 13.2. The Bertz CT molecular complexity index is 618. The van der Waals surface area contributed by atoms with Crippen molar-refractivity contribution in [3.05, 3.63) is 0 Å². The Morgan fingerprint density at radius 2 is 1.68 bits per heavy atom. The number of halogens is 3. The topological polar surface area (TPSA) is 40.5 Å². The molecule has 182 valence electrons. The van der Waals surface area contributed by atoms with Crippen molar-refractivity contribution in [2.45, 2.75) is 123 Å². The summed E-state index contributed by atoms with van der Waals surface area (Å²) < 4.78 is 39.6. The van der Waals surface area contributed by atoms with Crippen LogP contribution in [-0.2, 0) is 0 Å². The van der Waals surface area contributed by atoms with Crippen LogP contribution in [0, 0.1) is 40.4 Å². The average molecular weight is 447 g/mol. The van der Waals surface area contributed by atoms with Crippen molar-refractivity contribution in [3.8, 4) is 0 Å². The van der Waals surface area contributed by atoms with Crippen molar-refractivity contribution in [1.82, 2.24) is 0 Å².